The van der Waals surface area contributed by atoms with Gasteiger partial charge in [-0.25, -0.2) is 0 Å². The molecule has 0 atom stereocenters. The first-order chi connectivity index (χ1) is 6.35. The molecule has 0 bridgehead atoms. The lowest BCUT2D eigenvalue weighted by Gasteiger charge is -1.87. The minimum Gasteiger partial charge on any atom is -0.265 e. The quantitative estimate of drug-likeness (QED) is 0.707. The second-order valence-corrected chi connectivity index (χ2v) is 2.27. The Labute approximate surface area is 88.7 Å². The number of hydrogen-bond acceptors (Lipinski definition) is 2. The molecule has 0 aliphatic carbocycles. The molecule has 2 nitrogen and oxygen atoms in total. The van der Waals surface area contributed by atoms with Crippen LogP contribution in [0, 0.1) is 11.3 Å². The Morgan fingerprint density at radius 3 is 2.00 bits per heavy atom. The predicted molar refractivity (Wildman–Crippen MR) is 59.5 cm³/mol. The van der Waals surface area contributed by atoms with Gasteiger partial charge in [0.15, 0.2) is 0 Å². The molecule has 0 saturated carbocycles. The third kappa shape index (κ3) is 11.1. The number of nitriles is 1. The van der Waals surface area contributed by atoms with Crippen molar-refractivity contribution in [1.29, 1.82) is 5.26 Å². The van der Waals surface area contributed by atoms with Crippen LogP contribution in [0.2, 0.25) is 0 Å². The third-order valence-electron chi connectivity index (χ3n) is 0.904. The Hall–Kier alpha value is -0.880. The van der Waals surface area contributed by atoms with E-state index in [1.54, 1.807) is 18.5 Å². The zero-order valence-corrected chi connectivity index (χ0v) is 9.87. The van der Waals surface area contributed by atoms with Gasteiger partial charge in [-0.1, -0.05) is 29.8 Å². The fourth-order valence-electron chi connectivity index (χ4n) is 0.472. The molecule has 1 rings (SSSR count). The number of alkyl halides is 1. The zero-order valence-electron chi connectivity index (χ0n) is 8.29. The number of rotatable bonds is 1. The van der Waals surface area contributed by atoms with Crippen molar-refractivity contribution in [3.8, 4) is 6.07 Å². The van der Waals surface area contributed by atoms with Crippen LogP contribution in [0.15, 0.2) is 24.5 Å². The molecule has 0 aromatic carbocycles. The van der Waals surface area contributed by atoms with E-state index in [1.807, 2.05) is 26.0 Å². The van der Waals surface area contributed by atoms with Crippen LogP contribution in [0.3, 0.4) is 0 Å². The van der Waals surface area contributed by atoms with Gasteiger partial charge in [-0.3, -0.25) is 4.98 Å². The maximum Gasteiger partial charge on any atom is 0.0587 e. The lowest BCUT2D eigenvalue weighted by molar-refractivity contribution is 1.28. The molecule has 0 aliphatic rings. The van der Waals surface area contributed by atoms with E-state index in [1.165, 1.54) is 12.5 Å². The largest absolute Gasteiger partial charge is 0.265 e. The van der Waals surface area contributed by atoms with Crippen molar-refractivity contribution in [3.05, 3.63) is 30.1 Å². The fraction of sp³-hybridized carbons (Fsp3) is 0.400. The van der Waals surface area contributed by atoms with E-state index in [-0.39, 0.29) is 0 Å². The zero-order chi connectivity index (χ0) is 10.5. The van der Waals surface area contributed by atoms with Crippen LogP contribution in [0.5, 0.6) is 0 Å². The molecule has 0 aliphatic heterocycles. The van der Waals surface area contributed by atoms with Crippen LogP contribution in [0.25, 0.3) is 0 Å². The van der Waals surface area contributed by atoms with Gasteiger partial charge >= 0.3 is 0 Å². The highest BCUT2D eigenvalue weighted by molar-refractivity contribution is 9.08. The summed E-state index contributed by atoms with van der Waals surface area (Å²) >= 11 is 3.33. The van der Waals surface area contributed by atoms with Gasteiger partial charge in [0.25, 0.3) is 0 Å². The molecule has 13 heavy (non-hydrogen) atoms. The summed E-state index contributed by atoms with van der Waals surface area (Å²) in [6, 6.07) is 5.71. The van der Waals surface area contributed by atoms with Gasteiger partial charge in [0, 0.05) is 24.6 Å². The Balaban J connectivity index is 0. The van der Waals surface area contributed by atoms with Crippen molar-refractivity contribution < 1.29 is 0 Å². The first-order valence-corrected chi connectivity index (χ1v) is 5.23. The fourth-order valence-corrected chi connectivity index (χ4v) is 0.846. The van der Waals surface area contributed by atoms with Gasteiger partial charge in [0.1, 0.15) is 0 Å². The molecule has 0 unspecified atom stereocenters. The molecule has 1 aromatic rings. The Morgan fingerprint density at radius 2 is 1.77 bits per heavy atom. The van der Waals surface area contributed by atoms with Crippen molar-refractivity contribution in [2.75, 3.05) is 0 Å². The van der Waals surface area contributed by atoms with Gasteiger partial charge in [-0.15, -0.1) is 0 Å². The number of pyridine rings is 1. The van der Waals surface area contributed by atoms with Gasteiger partial charge in [0.05, 0.1) is 6.07 Å². The van der Waals surface area contributed by atoms with Gasteiger partial charge in [0.2, 0.25) is 0 Å². The highest BCUT2D eigenvalue weighted by Gasteiger charge is 1.82. The average Bonchev–Trinajstić information content (AvgIpc) is 2.23. The summed E-state index contributed by atoms with van der Waals surface area (Å²) in [6.07, 6.45) is 3.58. The van der Waals surface area contributed by atoms with Crippen LogP contribution in [-0.4, -0.2) is 4.98 Å². The first-order valence-electron chi connectivity index (χ1n) is 4.10. The minimum absolute atomic E-state index is 0.912. The average molecular weight is 243 g/mol. The molecule has 1 heterocycles. The van der Waals surface area contributed by atoms with E-state index in [9.17, 15) is 0 Å². The van der Waals surface area contributed by atoms with Gasteiger partial charge < -0.3 is 0 Å². The van der Waals surface area contributed by atoms with E-state index in [0.717, 1.165) is 5.33 Å². The highest BCUT2D eigenvalue weighted by Crippen LogP contribution is 2.00. The molecule has 0 fully saturated rings. The Bertz CT molecular complexity index is 216. The number of nitrogens with zero attached hydrogens (tertiary/aromatic N) is 2. The SMILES string of the molecule is BrCc1ccncc1.CC.CC#N. The molecule has 0 N–H and O–H groups in total. The number of hydrogen-bond donors (Lipinski definition) is 0. The van der Waals surface area contributed by atoms with Crippen LogP contribution < -0.4 is 0 Å². The molecule has 0 amide bonds. The van der Waals surface area contributed by atoms with Crippen molar-refractivity contribution in [3.63, 3.8) is 0 Å². The van der Waals surface area contributed by atoms with E-state index in [0.29, 0.717) is 0 Å². The molecule has 0 saturated heterocycles. The van der Waals surface area contributed by atoms with Crippen molar-refractivity contribution in [1.82, 2.24) is 4.98 Å². The molecule has 0 radical (unpaired) electrons. The molecule has 72 valence electrons. The topological polar surface area (TPSA) is 36.7 Å². The van der Waals surface area contributed by atoms with Crippen LogP contribution in [0.1, 0.15) is 26.3 Å². The van der Waals surface area contributed by atoms with E-state index in [4.69, 9.17) is 5.26 Å². The second-order valence-electron chi connectivity index (χ2n) is 1.71. The molecular weight excluding hydrogens is 228 g/mol. The molecular formula is C10H15BrN2. The summed E-state index contributed by atoms with van der Waals surface area (Å²) in [5.74, 6) is 0. The molecule has 3 heteroatoms. The van der Waals surface area contributed by atoms with E-state index < -0.39 is 0 Å². The smallest absolute Gasteiger partial charge is 0.0587 e. The lowest BCUT2D eigenvalue weighted by Crippen LogP contribution is -1.74. The normalized spacial score (nSPS) is 6.69. The summed E-state index contributed by atoms with van der Waals surface area (Å²) in [5, 5.41) is 8.23. The minimum atomic E-state index is 0.912. The molecule has 1 aromatic heterocycles. The first kappa shape index (κ1) is 14.6. The maximum absolute atomic E-state index is 7.32. The van der Waals surface area contributed by atoms with Crippen LogP contribution in [-0.2, 0) is 5.33 Å². The molecule has 0 spiro atoms. The lowest BCUT2D eigenvalue weighted by atomic mass is 10.3. The summed E-state index contributed by atoms with van der Waals surface area (Å²) in [5.41, 5.74) is 1.26. The van der Waals surface area contributed by atoms with Gasteiger partial charge in [-0.2, -0.15) is 5.26 Å². The maximum atomic E-state index is 7.32. The number of halogens is 1. The van der Waals surface area contributed by atoms with Crippen molar-refractivity contribution in [2.24, 2.45) is 0 Å². The third-order valence-corrected chi connectivity index (χ3v) is 1.55. The van der Waals surface area contributed by atoms with Crippen LogP contribution in [0.4, 0.5) is 0 Å². The van der Waals surface area contributed by atoms with Crippen molar-refractivity contribution in [2.45, 2.75) is 26.1 Å². The Morgan fingerprint density at radius 1 is 1.38 bits per heavy atom. The second kappa shape index (κ2) is 13.7. The van der Waals surface area contributed by atoms with E-state index in [2.05, 4.69) is 20.9 Å². The predicted octanol–water partition coefficient (Wildman–Crippen LogP) is 3.53. The van der Waals surface area contributed by atoms with Crippen LogP contribution >= 0.6 is 15.9 Å². The monoisotopic (exact) mass is 242 g/mol. The summed E-state index contributed by atoms with van der Waals surface area (Å²) < 4.78 is 0. The highest BCUT2D eigenvalue weighted by atomic mass is 79.9. The summed E-state index contributed by atoms with van der Waals surface area (Å²) in [6.45, 7) is 5.43. The standard InChI is InChI=1S/C6H6BrN.C2H3N.C2H6/c7-5-6-1-3-8-4-2-6;1-2-3;1-2/h1-4H,5H2;1H3;1-2H3. The van der Waals surface area contributed by atoms with Crippen molar-refractivity contribution >= 4 is 15.9 Å². The van der Waals surface area contributed by atoms with Gasteiger partial charge in [-0.05, 0) is 17.7 Å². The van der Waals surface area contributed by atoms with E-state index >= 15 is 0 Å². The number of aromatic nitrogens is 1. The summed E-state index contributed by atoms with van der Waals surface area (Å²) in [4.78, 5) is 3.87. The summed E-state index contributed by atoms with van der Waals surface area (Å²) in [7, 11) is 0. The Kier molecular flexibility index (Phi) is 15.4.